The number of H-pyrrole nitrogens is 1. The molecule has 11 heavy (non-hydrogen) atoms. The summed E-state index contributed by atoms with van der Waals surface area (Å²) in [5.74, 6) is 0. The molecule has 0 unspecified atom stereocenters. The van der Waals surface area contributed by atoms with Crippen molar-refractivity contribution in [1.82, 2.24) is 9.97 Å². The molecule has 0 saturated heterocycles. The van der Waals surface area contributed by atoms with Crippen molar-refractivity contribution in [2.75, 3.05) is 0 Å². The lowest BCUT2D eigenvalue weighted by atomic mass is 10.3. The predicted molar refractivity (Wildman–Crippen MR) is 61.5 cm³/mol. The highest BCUT2D eigenvalue weighted by Crippen LogP contribution is 2.23. The highest BCUT2D eigenvalue weighted by atomic mass is 127. The standard InChI is InChI=1S/C7H4I2N2/c8-5-4-2-1-3-10-7(4)11-6(5)9/h1-3H,(H,10,11). The molecule has 2 aromatic rings. The van der Waals surface area contributed by atoms with Crippen LogP contribution in [-0.2, 0) is 0 Å². The quantitative estimate of drug-likeness (QED) is 0.711. The third-order valence-electron chi connectivity index (χ3n) is 1.47. The van der Waals surface area contributed by atoms with Crippen molar-refractivity contribution in [2.24, 2.45) is 0 Å². The van der Waals surface area contributed by atoms with Gasteiger partial charge >= 0.3 is 0 Å². The van der Waals surface area contributed by atoms with Crippen molar-refractivity contribution in [3.8, 4) is 0 Å². The Labute approximate surface area is 91.1 Å². The van der Waals surface area contributed by atoms with E-state index in [0.717, 1.165) is 9.35 Å². The van der Waals surface area contributed by atoms with Gasteiger partial charge in [-0.05, 0) is 57.3 Å². The molecule has 0 spiro atoms. The number of hydrogen-bond acceptors (Lipinski definition) is 1. The first-order valence-corrected chi connectivity index (χ1v) is 5.22. The van der Waals surface area contributed by atoms with Gasteiger partial charge < -0.3 is 4.98 Å². The minimum absolute atomic E-state index is 0.973. The number of halogens is 2. The van der Waals surface area contributed by atoms with E-state index < -0.39 is 0 Å². The summed E-state index contributed by atoms with van der Waals surface area (Å²) in [5, 5.41) is 1.21. The fourth-order valence-electron chi connectivity index (χ4n) is 0.959. The van der Waals surface area contributed by atoms with Crippen molar-refractivity contribution < 1.29 is 0 Å². The lowest BCUT2D eigenvalue weighted by Gasteiger charge is -1.85. The van der Waals surface area contributed by atoms with Gasteiger partial charge in [0.25, 0.3) is 0 Å². The summed E-state index contributed by atoms with van der Waals surface area (Å²) in [6, 6.07) is 4.02. The van der Waals surface area contributed by atoms with Gasteiger partial charge in [-0.2, -0.15) is 0 Å². The number of rotatable bonds is 0. The van der Waals surface area contributed by atoms with E-state index in [2.05, 4.69) is 61.2 Å². The molecule has 0 saturated carbocycles. The van der Waals surface area contributed by atoms with E-state index in [0.29, 0.717) is 0 Å². The molecule has 2 aromatic heterocycles. The van der Waals surface area contributed by atoms with Gasteiger partial charge in [0, 0.05) is 11.6 Å². The molecule has 4 heteroatoms. The first-order valence-electron chi connectivity index (χ1n) is 3.07. The van der Waals surface area contributed by atoms with E-state index in [1.807, 2.05) is 6.07 Å². The van der Waals surface area contributed by atoms with E-state index in [4.69, 9.17) is 0 Å². The lowest BCUT2D eigenvalue weighted by molar-refractivity contribution is 1.30. The van der Waals surface area contributed by atoms with Crippen LogP contribution in [-0.4, -0.2) is 9.97 Å². The molecule has 2 nitrogen and oxygen atoms in total. The molecule has 1 N–H and O–H groups in total. The second-order valence-corrected chi connectivity index (χ2v) is 4.31. The Hall–Kier alpha value is 0.150. The molecule has 0 radical (unpaired) electrons. The molecule has 0 aliphatic carbocycles. The van der Waals surface area contributed by atoms with Crippen LogP contribution in [0.15, 0.2) is 18.3 Å². The maximum Gasteiger partial charge on any atom is 0.139 e. The van der Waals surface area contributed by atoms with Crippen LogP contribution in [0.25, 0.3) is 11.0 Å². The molecule has 0 fully saturated rings. The number of aromatic amines is 1. The van der Waals surface area contributed by atoms with Crippen LogP contribution in [0.5, 0.6) is 0 Å². The number of aromatic nitrogens is 2. The highest BCUT2D eigenvalue weighted by Gasteiger charge is 2.04. The summed E-state index contributed by atoms with van der Waals surface area (Å²) in [5.41, 5.74) is 0.973. The number of nitrogens with one attached hydrogen (secondary N) is 1. The second kappa shape index (κ2) is 2.89. The third kappa shape index (κ3) is 1.26. The average molecular weight is 370 g/mol. The fourth-order valence-corrected chi connectivity index (χ4v) is 2.08. The van der Waals surface area contributed by atoms with Crippen LogP contribution in [0, 0.1) is 7.27 Å². The maximum absolute atomic E-state index is 4.20. The molecule has 0 amide bonds. The summed E-state index contributed by atoms with van der Waals surface area (Å²) < 4.78 is 2.42. The van der Waals surface area contributed by atoms with Crippen LogP contribution >= 0.6 is 45.2 Å². The molecule has 2 rings (SSSR count). The number of nitrogens with zero attached hydrogens (tertiary/aromatic N) is 1. The number of hydrogen-bond donors (Lipinski definition) is 1. The Morgan fingerprint density at radius 3 is 2.91 bits per heavy atom. The largest absolute Gasteiger partial charge is 0.334 e. The van der Waals surface area contributed by atoms with Crippen molar-refractivity contribution in [2.45, 2.75) is 0 Å². The molecular weight excluding hydrogens is 366 g/mol. The zero-order chi connectivity index (χ0) is 7.84. The molecule has 2 heterocycles. The van der Waals surface area contributed by atoms with Crippen LogP contribution in [0.3, 0.4) is 0 Å². The van der Waals surface area contributed by atoms with Gasteiger partial charge in [-0.3, -0.25) is 0 Å². The van der Waals surface area contributed by atoms with Crippen LogP contribution in [0.4, 0.5) is 0 Å². The topological polar surface area (TPSA) is 28.7 Å². The monoisotopic (exact) mass is 370 g/mol. The first-order chi connectivity index (χ1) is 5.29. The Morgan fingerprint density at radius 2 is 2.18 bits per heavy atom. The van der Waals surface area contributed by atoms with E-state index in [1.165, 1.54) is 8.96 Å². The van der Waals surface area contributed by atoms with Gasteiger partial charge in [-0.15, -0.1) is 0 Å². The Kier molecular flexibility index (Phi) is 2.04. The van der Waals surface area contributed by atoms with Crippen molar-refractivity contribution >= 4 is 56.2 Å². The zero-order valence-corrected chi connectivity index (χ0v) is 9.75. The molecule has 0 atom stereocenters. The van der Waals surface area contributed by atoms with Crippen LogP contribution < -0.4 is 0 Å². The summed E-state index contributed by atoms with van der Waals surface area (Å²) in [6.07, 6.45) is 1.80. The van der Waals surface area contributed by atoms with E-state index in [-0.39, 0.29) is 0 Å². The van der Waals surface area contributed by atoms with Crippen molar-refractivity contribution in [3.05, 3.63) is 25.6 Å². The van der Waals surface area contributed by atoms with Crippen molar-refractivity contribution in [3.63, 3.8) is 0 Å². The molecule has 56 valence electrons. The maximum atomic E-state index is 4.20. The fraction of sp³-hybridized carbons (Fsp3) is 0. The minimum Gasteiger partial charge on any atom is -0.334 e. The molecule has 0 aliphatic heterocycles. The molecule has 0 aliphatic rings. The smallest absolute Gasteiger partial charge is 0.139 e. The van der Waals surface area contributed by atoms with E-state index in [1.54, 1.807) is 6.20 Å². The van der Waals surface area contributed by atoms with Crippen molar-refractivity contribution in [1.29, 1.82) is 0 Å². The van der Waals surface area contributed by atoms with Crippen LogP contribution in [0.2, 0.25) is 0 Å². The van der Waals surface area contributed by atoms with Gasteiger partial charge in [0.1, 0.15) is 5.65 Å². The van der Waals surface area contributed by atoms with Gasteiger partial charge in [0.15, 0.2) is 0 Å². The minimum atomic E-state index is 0.973. The lowest BCUT2D eigenvalue weighted by Crippen LogP contribution is -1.72. The zero-order valence-electron chi connectivity index (χ0n) is 5.44. The summed E-state index contributed by atoms with van der Waals surface area (Å²) in [6.45, 7) is 0. The van der Waals surface area contributed by atoms with Gasteiger partial charge in [-0.1, -0.05) is 0 Å². The summed E-state index contributed by atoms with van der Waals surface area (Å²) in [4.78, 5) is 7.39. The Balaban J connectivity index is 2.92. The highest BCUT2D eigenvalue weighted by molar-refractivity contribution is 14.1. The van der Waals surface area contributed by atoms with Gasteiger partial charge in [0.05, 0.1) is 7.27 Å². The average Bonchev–Trinajstić information content (AvgIpc) is 2.30. The Bertz CT molecular complexity index is 394. The Morgan fingerprint density at radius 1 is 1.36 bits per heavy atom. The third-order valence-corrected chi connectivity index (χ3v) is 4.43. The van der Waals surface area contributed by atoms with E-state index >= 15 is 0 Å². The molecule has 0 bridgehead atoms. The summed E-state index contributed by atoms with van der Waals surface area (Å²) in [7, 11) is 0. The van der Waals surface area contributed by atoms with E-state index in [9.17, 15) is 0 Å². The van der Waals surface area contributed by atoms with Gasteiger partial charge in [0.2, 0.25) is 0 Å². The first kappa shape index (κ1) is 7.78. The summed E-state index contributed by atoms with van der Waals surface area (Å²) >= 11 is 4.59. The predicted octanol–water partition coefficient (Wildman–Crippen LogP) is 2.77. The molecular formula is C7H4I2N2. The SMILES string of the molecule is Ic1[nH]c2ncccc2c1I. The van der Waals surface area contributed by atoms with Crippen LogP contribution in [0.1, 0.15) is 0 Å². The second-order valence-electron chi connectivity index (χ2n) is 2.15. The van der Waals surface area contributed by atoms with Gasteiger partial charge in [-0.25, -0.2) is 4.98 Å². The molecule has 0 aromatic carbocycles. The number of fused-ring (bicyclic) bond motifs is 1. The normalized spacial score (nSPS) is 10.7. The number of pyridine rings is 1.